The van der Waals surface area contributed by atoms with Crippen LogP contribution in [0.15, 0.2) is 24.5 Å². The summed E-state index contributed by atoms with van der Waals surface area (Å²) in [5.41, 5.74) is 1.12. The fourth-order valence-electron chi connectivity index (χ4n) is 1.46. The van der Waals surface area contributed by atoms with Crippen molar-refractivity contribution in [2.45, 2.75) is 12.5 Å². The topological polar surface area (TPSA) is 37.0 Å². The third-order valence-electron chi connectivity index (χ3n) is 2.09. The Morgan fingerprint density at radius 1 is 1.43 bits per heavy atom. The Hall–Kier alpha value is -0.510. The van der Waals surface area contributed by atoms with Crippen LogP contribution < -0.4 is 10.6 Å². The van der Waals surface area contributed by atoms with Gasteiger partial charge in [0.1, 0.15) is 0 Å². The summed E-state index contributed by atoms with van der Waals surface area (Å²) in [6.45, 7) is 2.19. The number of hydrogen-bond acceptors (Lipinski definition) is 3. The fourth-order valence-corrected chi connectivity index (χ4v) is 1.46. The Morgan fingerprint density at radius 3 is 2.86 bits per heavy atom. The third-order valence-corrected chi connectivity index (χ3v) is 2.09. The quantitative estimate of drug-likeness (QED) is 0.820. The summed E-state index contributed by atoms with van der Waals surface area (Å²) in [6, 6.07) is 4.57. The first kappa shape index (κ1) is 13.5. The normalized spacial score (nSPS) is 19.3. The minimum Gasteiger partial charge on any atom is -0.380 e. The van der Waals surface area contributed by atoms with E-state index in [1.807, 2.05) is 18.3 Å². The first-order chi connectivity index (χ1) is 5.95. The molecule has 1 atom stereocenters. The highest BCUT2D eigenvalue weighted by Gasteiger charge is 2.13. The van der Waals surface area contributed by atoms with Gasteiger partial charge in [-0.1, -0.05) is 0 Å². The van der Waals surface area contributed by atoms with Crippen molar-refractivity contribution >= 4 is 30.5 Å². The van der Waals surface area contributed by atoms with Crippen LogP contribution in [0, 0.1) is 0 Å². The third kappa shape index (κ3) is 3.70. The molecule has 2 rings (SSSR count). The SMILES string of the molecule is Cl.Cl.c1cncc(N[C@@H]2CCNC2)c1. The average Bonchev–Trinajstić information content (AvgIpc) is 2.59. The molecular formula is C9H15Cl2N3. The van der Waals surface area contributed by atoms with Gasteiger partial charge in [0.15, 0.2) is 0 Å². The van der Waals surface area contributed by atoms with Gasteiger partial charge in [-0.3, -0.25) is 4.98 Å². The van der Waals surface area contributed by atoms with Gasteiger partial charge in [0.05, 0.1) is 5.69 Å². The molecule has 1 saturated heterocycles. The van der Waals surface area contributed by atoms with E-state index in [2.05, 4.69) is 15.6 Å². The van der Waals surface area contributed by atoms with E-state index in [1.54, 1.807) is 6.20 Å². The lowest BCUT2D eigenvalue weighted by Gasteiger charge is -2.11. The summed E-state index contributed by atoms with van der Waals surface area (Å²) in [4.78, 5) is 4.04. The van der Waals surface area contributed by atoms with Gasteiger partial charge in [-0.15, -0.1) is 24.8 Å². The Balaban J connectivity index is 0.000000845. The molecular weight excluding hydrogens is 221 g/mol. The largest absolute Gasteiger partial charge is 0.380 e. The van der Waals surface area contributed by atoms with Crippen LogP contribution in [0.4, 0.5) is 5.69 Å². The minimum atomic E-state index is 0. The molecule has 1 aromatic heterocycles. The van der Waals surface area contributed by atoms with Crippen molar-refractivity contribution in [2.24, 2.45) is 0 Å². The van der Waals surface area contributed by atoms with Gasteiger partial charge >= 0.3 is 0 Å². The van der Waals surface area contributed by atoms with E-state index in [9.17, 15) is 0 Å². The molecule has 5 heteroatoms. The smallest absolute Gasteiger partial charge is 0.0529 e. The lowest BCUT2D eigenvalue weighted by molar-refractivity contribution is 0.792. The minimum absolute atomic E-state index is 0. The van der Waals surface area contributed by atoms with E-state index in [-0.39, 0.29) is 24.8 Å². The van der Waals surface area contributed by atoms with Crippen LogP contribution in [0.25, 0.3) is 0 Å². The first-order valence-corrected chi connectivity index (χ1v) is 4.32. The molecule has 0 bridgehead atoms. The second-order valence-electron chi connectivity index (χ2n) is 3.08. The van der Waals surface area contributed by atoms with Gasteiger partial charge in [-0.05, 0) is 25.1 Å². The highest BCUT2D eigenvalue weighted by Crippen LogP contribution is 2.08. The molecule has 0 amide bonds. The highest BCUT2D eigenvalue weighted by molar-refractivity contribution is 5.85. The molecule has 2 N–H and O–H groups in total. The molecule has 0 unspecified atom stereocenters. The summed E-state index contributed by atoms with van der Waals surface area (Å²) in [7, 11) is 0. The number of aromatic nitrogens is 1. The molecule has 0 saturated carbocycles. The maximum atomic E-state index is 4.04. The van der Waals surface area contributed by atoms with Crippen LogP contribution in [-0.4, -0.2) is 24.1 Å². The van der Waals surface area contributed by atoms with Crippen molar-refractivity contribution in [1.29, 1.82) is 0 Å². The number of rotatable bonds is 2. The zero-order valence-electron chi connectivity index (χ0n) is 7.77. The number of nitrogens with one attached hydrogen (secondary N) is 2. The maximum Gasteiger partial charge on any atom is 0.0529 e. The first-order valence-electron chi connectivity index (χ1n) is 4.32. The molecule has 1 fully saturated rings. The molecule has 2 heterocycles. The molecule has 0 spiro atoms. The molecule has 80 valence electrons. The highest BCUT2D eigenvalue weighted by atomic mass is 35.5. The van der Waals surface area contributed by atoms with Crippen LogP contribution in [0.3, 0.4) is 0 Å². The second kappa shape index (κ2) is 6.87. The molecule has 1 aromatic rings. The van der Waals surface area contributed by atoms with E-state index >= 15 is 0 Å². The summed E-state index contributed by atoms with van der Waals surface area (Å²) in [6.07, 6.45) is 4.85. The van der Waals surface area contributed by atoms with Gasteiger partial charge in [-0.2, -0.15) is 0 Å². The fraction of sp³-hybridized carbons (Fsp3) is 0.444. The molecule has 1 aliphatic rings. The van der Waals surface area contributed by atoms with Gasteiger partial charge in [0.25, 0.3) is 0 Å². The Kier molecular flexibility index (Phi) is 6.62. The van der Waals surface area contributed by atoms with Crippen molar-refractivity contribution in [3.63, 3.8) is 0 Å². The number of anilines is 1. The summed E-state index contributed by atoms with van der Waals surface area (Å²) < 4.78 is 0. The Labute approximate surface area is 96.5 Å². The number of halogens is 2. The number of pyridine rings is 1. The predicted molar refractivity (Wildman–Crippen MR) is 63.6 cm³/mol. The summed E-state index contributed by atoms with van der Waals surface area (Å²) in [5, 5.41) is 6.73. The summed E-state index contributed by atoms with van der Waals surface area (Å²) in [5.74, 6) is 0. The van der Waals surface area contributed by atoms with Crippen LogP contribution in [-0.2, 0) is 0 Å². The zero-order valence-corrected chi connectivity index (χ0v) is 9.40. The van der Waals surface area contributed by atoms with Crippen molar-refractivity contribution < 1.29 is 0 Å². The van der Waals surface area contributed by atoms with Gasteiger partial charge in [0, 0.05) is 25.0 Å². The van der Waals surface area contributed by atoms with Crippen molar-refractivity contribution in [2.75, 3.05) is 18.4 Å². The van der Waals surface area contributed by atoms with Crippen LogP contribution in [0.1, 0.15) is 6.42 Å². The van der Waals surface area contributed by atoms with Gasteiger partial charge in [-0.25, -0.2) is 0 Å². The second-order valence-corrected chi connectivity index (χ2v) is 3.08. The average molecular weight is 236 g/mol. The summed E-state index contributed by atoms with van der Waals surface area (Å²) >= 11 is 0. The van der Waals surface area contributed by atoms with Crippen molar-refractivity contribution in [3.05, 3.63) is 24.5 Å². The van der Waals surface area contributed by atoms with E-state index in [4.69, 9.17) is 0 Å². The molecule has 0 aromatic carbocycles. The molecule has 0 radical (unpaired) electrons. The van der Waals surface area contributed by atoms with Gasteiger partial charge < -0.3 is 10.6 Å². The number of hydrogen-bond donors (Lipinski definition) is 2. The van der Waals surface area contributed by atoms with Crippen LogP contribution in [0.5, 0.6) is 0 Å². The Morgan fingerprint density at radius 2 is 2.29 bits per heavy atom. The van der Waals surface area contributed by atoms with Crippen LogP contribution >= 0.6 is 24.8 Å². The van der Waals surface area contributed by atoms with Gasteiger partial charge in [0.2, 0.25) is 0 Å². The molecule has 3 nitrogen and oxygen atoms in total. The molecule has 1 aliphatic heterocycles. The lowest BCUT2D eigenvalue weighted by atomic mass is 10.2. The Bertz CT molecular complexity index is 237. The molecule has 0 aliphatic carbocycles. The van der Waals surface area contributed by atoms with E-state index in [0.29, 0.717) is 6.04 Å². The maximum absolute atomic E-state index is 4.04. The van der Waals surface area contributed by atoms with Crippen LogP contribution in [0.2, 0.25) is 0 Å². The van der Waals surface area contributed by atoms with Crippen molar-refractivity contribution in [1.82, 2.24) is 10.3 Å². The standard InChI is InChI=1S/C9H13N3.2ClH/c1-2-8(6-10-4-1)12-9-3-5-11-7-9;;/h1-2,4,6,9,11-12H,3,5,7H2;2*1H/t9-;;/m1../s1. The van der Waals surface area contributed by atoms with E-state index in [1.165, 1.54) is 6.42 Å². The van der Waals surface area contributed by atoms with Crippen molar-refractivity contribution in [3.8, 4) is 0 Å². The number of nitrogens with zero attached hydrogens (tertiary/aromatic N) is 1. The lowest BCUT2D eigenvalue weighted by Crippen LogP contribution is -2.21. The van der Waals surface area contributed by atoms with E-state index < -0.39 is 0 Å². The molecule has 14 heavy (non-hydrogen) atoms. The zero-order chi connectivity index (χ0) is 8.23. The predicted octanol–water partition coefficient (Wildman–Crippen LogP) is 1.70. The monoisotopic (exact) mass is 235 g/mol. The van der Waals surface area contributed by atoms with E-state index in [0.717, 1.165) is 18.8 Å².